The van der Waals surface area contributed by atoms with Crippen LogP contribution in [0.2, 0.25) is 0 Å². The van der Waals surface area contributed by atoms with Gasteiger partial charge < -0.3 is 28.7 Å². The number of hydrogen-bond donors (Lipinski definition) is 0. The number of methoxy groups -OCH3 is 1. The van der Waals surface area contributed by atoms with Gasteiger partial charge in [-0.1, -0.05) is 30.3 Å². The number of carbonyl (C=O) groups is 2. The highest BCUT2D eigenvalue weighted by atomic mass is 16.6. The van der Waals surface area contributed by atoms with Crippen molar-refractivity contribution in [3.05, 3.63) is 59.7 Å². The lowest BCUT2D eigenvalue weighted by molar-refractivity contribution is -0.00618. The Morgan fingerprint density at radius 1 is 1.06 bits per heavy atom. The molecule has 1 atom stereocenters. The highest BCUT2D eigenvalue weighted by Crippen LogP contribution is 2.28. The third kappa shape index (κ3) is 7.54. The molecular weight excluding hydrogens is 462 g/mol. The van der Waals surface area contributed by atoms with Crippen LogP contribution >= 0.6 is 0 Å². The maximum atomic E-state index is 12.9. The fourth-order valence-electron chi connectivity index (χ4n) is 3.80. The summed E-state index contributed by atoms with van der Waals surface area (Å²) >= 11 is 0. The first-order valence-electron chi connectivity index (χ1n) is 11.9. The van der Waals surface area contributed by atoms with Crippen molar-refractivity contribution in [2.75, 3.05) is 33.4 Å². The number of carbonyl (C=O) groups excluding carboxylic acids is 2. The van der Waals surface area contributed by atoms with Gasteiger partial charge in [-0.15, -0.1) is 0 Å². The number of piperazine rings is 1. The molecule has 2 amide bonds. The second-order valence-electron chi connectivity index (χ2n) is 9.43. The van der Waals surface area contributed by atoms with Gasteiger partial charge in [-0.2, -0.15) is 5.26 Å². The number of rotatable bonds is 7. The van der Waals surface area contributed by atoms with Gasteiger partial charge >= 0.3 is 12.2 Å². The van der Waals surface area contributed by atoms with E-state index in [0.29, 0.717) is 43.1 Å². The molecule has 9 nitrogen and oxygen atoms in total. The van der Waals surface area contributed by atoms with Gasteiger partial charge in [0.15, 0.2) is 11.5 Å². The van der Waals surface area contributed by atoms with Crippen molar-refractivity contribution in [3.8, 4) is 17.6 Å². The van der Waals surface area contributed by atoms with Gasteiger partial charge in [0.05, 0.1) is 31.4 Å². The molecule has 0 spiro atoms. The molecule has 0 bridgehead atoms. The number of amides is 2. The molecule has 2 aromatic rings. The zero-order valence-corrected chi connectivity index (χ0v) is 21.2. The van der Waals surface area contributed by atoms with E-state index in [2.05, 4.69) is 6.07 Å². The van der Waals surface area contributed by atoms with Crippen LogP contribution in [-0.2, 0) is 16.1 Å². The first-order chi connectivity index (χ1) is 17.2. The molecule has 0 radical (unpaired) electrons. The number of hydrogen-bond acceptors (Lipinski definition) is 7. The summed E-state index contributed by atoms with van der Waals surface area (Å²) in [6, 6.07) is 16.1. The Morgan fingerprint density at radius 3 is 2.47 bits per heavy atom. The van der Waals surface area contributed by atoms with Gasteiger partial charge in [0, 0.05) is 32.1 Å². The van der Waals surface area contributed by atoms with E-state index < -0.39 is 17.8 Å². The summed E-state index contributed by atoms with van der Waals surface area (Å²) < 4.78 is 22.3. The first-order valence-corrected chi connectivity index (χ1v) is 11.9. The maximum Gasteiger partial charge on any atom is 0.410 e. The second kappa shape index (κ2) is 12.2. The number of ether oxygens (including phenoxy) is 4. The van der Waals surface area contributed by atoms with E-state index in [-0.39, 0.29) is 19.3 Å². The van der Waals surface area contributed by atoms with E-state index >= 15 is 0 Å². The van der Waals surface area contributed by atoms with Gasteiger partial charge in [0.2, 0.25) is 0 Å². The molecule has 1 heterocycles. The molecule has 1 saturated heterocycles. The van der Waals surface area contributed by atoms with Crippen LogP contribution < -0.4 is 9.47 Å². The lowest BCUT2D eigenvalue weighted by Gasteiger charge is -2.41. The van der Waals surface area contributed by atoms with Crippen LogP contribution in [0.3, 0.4) is 0 Å². The Hall–Kier alpha value is -3.93. The summed E-state index contributed by atoms with van der Waals surface area (Å²) in [6.07, 6.45) is -0.409. The van der Waals surface area contributed by atoms with Gasteiger partial charge in [-0.05, 0) is 38.5 Å². The minimum atomic E-state index is -0.639. The normalized spacial score (nSPS) is 15.6. The molecule has 1 aliphatic rings. The maximum absolute atomic E-state index is 12.9. The molecule has 192 valence electrons. The molecule has 1 fully saturated rings. The molecule has 36 heavy (non-hydrogen) atoms. The smallest absolute Gasteiger partial charge is 0.410 e. The molecule has 1 aliphatic heterocycles. The predicted molar refractivity (Wildman–Crippen MR) is 133 cm³/mol. The molecule has 2 aromatic carbocycles. The van der Waals surface area contributed by atoms with Gasteiger partial charge in [0.25, 0.3) is 0 Å². The fraction of sp³-hybridized carbons (Fsp3) is 0.444. The van der Waals surface area contributed by atoms with E-state index in [1.165, 1.54) is 7.11 Å². The Balaban J connectivity index is 1.65. The summed E-state index contributed by atoms with van der Waals surface area (Å²) in [7, 11) is 1.51. The SMILES string of the molecule is COc1cc(C#N)ccc1OCC[C@@H]1CN(C(=O)OCc2ccccc2)CCN1C(=O)OC(C)(C)C. The lowest BCUT2D eigenvalue weighted by atomic mass is 10.1. The summed E-state index contributed by atoms with van der Waals surface area (Å²) in [4.78, 5) is 28.9. The Kier molecular flexibility index (Phi) is 9.01. The summed E-state index contributed by atoms with van der Waals surface area (Å²) in [5.41, 5.74) is 0.728. The lowest BCUT2D eigenvalue weighted by Crippen LogP contribution is -2.57. The minimum Gasteiger partial charge on any atom is -0.493 e. The third-order valence-electron chi connectivity index (χ3n) is 5.58. The Morgan fingerprint density at radius 2 is 1.81 bits per heavy atom. The van der Waals surface area contributed by atoms with Crippen LogP contribution in [0.15, 0.2) is 48.5 Å². The molecule has 3 rings (SSSR count). The van der Waals surface area contributed by atoms with Crippen LogP contribution in [-0.4, -0.2) is 67.0 Å². The van der Waals surface area contributed by atoms with E-state index in [1.807, 2.05) is 51.1 Å². The minimum absolute atomic E-state index is 0.179. The zero-order valence-electron chi connectivity index (χ0n) is 21.2. The average Bonchev–Trinajstić information content (AvgIpc) is 2.86. The number of nitriles is 1. The molecule has 0 aromatic heterocycles. The summed E-state index contributed by atoms with van der Waals surface area (Å²) in [5.74, 6) is 0.947. The van der Waals surface area contributed by atoms with Crippen LogP contribution in [0.1, 0.15) is 38.3 Å². The summed E-state index contributed by atoms with van der Waals surface area (Å²) in [5, 5.41) is 9.09. The van der Waals surface area contributed by atoms with Crippen molar-refractivity contribution in [1.29, 1.82) is 5.26 Å². The third-order valence-corrected chi connectivity index (χ3v) is 5.58. The van der Waals surface area contributed by atoms with Crippen molar-refractivity contribution in [3.63, 3.8) is 0 Å². The van der Waals surface area contributed by atoms with E-state index in [0.717, 1.165) is 5.56 Å². The van der Waals surface area contributed by atoms with Crippen LogP contribution in [0.25, 0.3) is 0 Å². The van der Waals surface area contributed by atoms with Crippen molar-refractivity contribution < 1.29 is 28.5 Å². The van der Waals surface area contributed by atoms with E-state index in [1.54, 1.807) is 28.0 Å². The molecule has 0 saturated carbocycles. The van der Waals surface area contributed by atoms with Crippen molar-refractivity contribution in [2.24, 2.45) is 0 Å². The summed E-state index contributed by atoms with van der Waals surface area (Å²) in [6.45, 7) is 6.85. The fourth-order valence-corrected chi connectivity index (χ4v) is 3.80. The van der Waals surface area contributed by atoms with Crippen LogP contribution in [0, 0.1) is 11.3 Å². The monoisotopic (exact) mass is 495 g/mol. The Bertz CT molecular complexity index is 1080. The molecular formula is C27H33N3O6. The molecule has 9 heteroatoms. The first kappa shape index (κ1) is 26.7. The Labute approximate surface area is 212 Å². The van der Waals surface area contributed by atoms with Crippen molar-refractivity contribution in [1.82, 2.24) is 9.80 Å². The van der Waals surface area contributed by atoms with Crippen LogP contribution in [0.4, 0.5) is 9.59 Å². The van der Waals surface area contributed by atoms with Crippen molar-refractivity contribution >= 4 is 12.2 Å². The average molecular weight is 496 g/mol. The molecule has 0 unspecified atom stereocenters. The number of nitrogens with zero attached hydrogens (tertiary/aromatic N) is 3. The van der Waals surface area contributed by atoms with E-state index in [4.69, 9.17) is 24.2 Å². The standard InChI is InChI=1S/C27H33N3O6/c1-27(2,3)36-26(32)30-14-13-29(25(31)35-19-20-8-6-5-7-9-20)18-22(30)12-15-34-23-11-10-21(17-28)16-24(23)33-4/h5-11,16,22H,12-15,18-19H2,1-4H3/t22-/m1/s1. The van der Waals surface area contributed by atoms with Gasteiger partial charge in [-0.3, -0.25) is 0 Å². The number of benzene rings is 2. The highest BCUT2D eigenvalue weighted by Gasteiger charge is 2.35. The topological polar surface area (TPSA) is 101 Å². The largest absolute Gasteiger partial charge is 0.493 e. The zero-order chi connectivity index (χ0) is 26.1. The predicted octanol–water partition coefficient (Wildman–Crippen LogP) is 4.59. The van der Waals surface area contributed by atoms with Gasteiger partial charge in [0.1, 0.15) is 12.2 Å². The quantitative estimate of drug-likeness (QED) is 0.553. The van der Waals surface area contributed by atoms with Gasteiger partial charge in [-0.25, -0.2) is 9.59 Å². The second-order valence-corrected chi connectivity index (χ2v) is 9.43. The molecule has 0 N–H and O–H groups in total. The van der Waals surface area contributed by atoms with Crippen LogP contribution in [0.5, 0.6) is 11.5 Å². The highest BCUT2D eigenvalue weighted by molar-refractivity contribution is 5.71. The molecule has 0 aliphatic carbocycles. The van der Waals surface area contributed by atoms with Crippen molar-refractivity contribution in [2.45, 2.75) is 45.4 Å². The van der Waals surface area contributed by atoms with E-state index in [9.17, 15) is 9.59 Å².